The summed E-state index contributed by atoms with van der Waals surface area (Å²) < 4.78 is 25.5. The number of aliphatic hydroxyl groups is 1. The second kappa shape index (κ2) is 13.4. The molecule has 34 heavy (non-hydrogen) atoms. The van der Waals surface area contributed by atoms with Gasteiger partial charge in [-0.15, -0.1) is 0 Å². The van der Waals surface area contributed by atoms with Gasteiger partial charge < -0.3 is 25.1 Å². The van der Waals surface area contributed by atoms with Gasteiger partial charge in [0.15, 0.2) is 11.6 Å². The average Bonchev–Trinajstić information content (AvgIpc) is 2.87. The maximum atomic E-state index is 14.4. The summed E-state index contributed by atoms with van der Waals surface area (Å²) in [6, 6.07) is 22.1. The van der Waals surface area contributed by atoms with Crippen molar-refractivity contribution in [3.8, 4) is 17.6 Å². The van der Waals surface area contributed by atoms with Crippen LogP contribution in [0.1, 0.15) is 29.0 Å². The summed E-state index contributed by atoms with van der Waals surface area (Å²) in [4.78, 5) is 10.8. The first-order valence-electron chi connectivity index (χ1n) is 10.3. The van der Waals surface area contributed by atoms with E-state index in [1.807, 2.05) is 24.3 Å². The highest BCUT2D eigenvalue weighted by molar-refractivity contribution is 5.99. The Morgan fingerprint density at radius 1 is 1.06 bits per heavy atom. The van der Waals surface area contributed by atoms with E-state index in [1.54, 1.807) is 42.5 Å². The fourth-order valence-electron chi connectivity index (χ4n) is 3.00. The van der Waals surface area contributed by atoms with Crippen LogP contribution in [-0.2, 0) is 11.4 Å². The molecule has 0 spiro atoms. The lowest BCUT2D eigenvalue weighted by atomic mass is 9.97. The number of carboxylic acids is 1. The van der Waals surface area contributed by atoms with Gasteiger partial charge in [0.1, 0.15) is 19.0 Å². The minimum atomic E-state index is -1.04. The molecule has 0 saturated carbocycles. The molecule has 0 saturated heterocycles. The Balaban J connectivity index is 0.00000199. The van der Waals surface area contributed by atoms with E-state index >= 15 is 0 Å². The molecule has 1 unspecified atom stereocenters. The van der Waals surface area contributed by atoms with E-state index in [2.05, 4.69) is 0 Å². The number of rotatable bonds is 10. The number of nitrogens with zero attached hydrogens (tertiary/aromatic N) is 1. The molecular formula is C26H25FN2O5. The van der Waals surface area contributed by atoms with Gasteiger partial charge in [0.25, 0.3) is 0 Å². The molecule has 8 heteroatoms. The number of hydrogen-bond acceptors (Lipinski definition) is 6. The molecular weight excluding hydrogens is 439 g/mol. The van der Waals surface area contributed by atoms with Crippen LogP contribution in [-0.4, -0.2) is 35.6 Å². The quantitative estimate of drug-likeness (QED) is 0.379. The molecule has 0 aromatic heterocycles. The van der Waals surface area contributed by atoms with Crippen molar-refractivity contribution in [3.63, 3.8) is 0 Å². The maximum Gasteiger partial charge on any atom is 0.305 e. The van der Waals surface area contributed by atoms with E-state index in [0.717, 1.165) is 7.11 Å². The molecule has 0 aliphatic rings. The molecule has 0 amide bonds. The smallest absolute Gasteiger partial charge is 0.305 e. The lowest BCUT2D eigenvalue weighted by Gasteiger charge is -2.11. The number of ether oxygens (including phenoxy) is 2. The molecule has 0 fully saturated rings. The Hall–Kier alpha value is -4.22. The molecule has 0 aliphatic heterocycles. The molecule has 0 aliphatic carbocycles. The molecule has 0 bridgehead atoms. The number of hydrogen-bond donors (Lipinski definition) is 3. The highest BCUT2D eigenvalue weighted by Gasteiger charge is 2.15. The predicted molar refractivity (Wildman–Crippen MR) is 125 cm³/mol. The van der Waals surface area contributed by atoms with E-state index < -0.39 is 17.7 Å². The van der Waals surface area contributed by atoms with Crippen molar-refractivity contribution in [3.05, 3.63) is 95.3 Å². The molecule has 3 N–H and O–H groups in total. The fraction of sp³-hybridized carbons (Fsp3) is 0.192. The van der Waals surface area contributed by atoms with E-state index in [1.165, 1.54) is 12.1 Å². The minimum absolute atomic E-state index is 0.0469. The largest absolute Gasteiger partial charge is 0.489 e. The monoisotopic (exact) mass is 464 g/mol. The topological polar surface area (TPSA) is 124 Å². The van der Waals surface area contributed by atoms with Gasteiger partial charge in [0, 0.05) is 7.11 Å². The number of carboxylic acid groups (broad SMARTS) is 1. The molecule has 3 aromatic rings. The summed E-state index contributed by atoms with van der Waals surface area (Å²) in [6.07, 6.45) is -0.269. The molecule has 3 rings (SSSR count). The zero-order valence-corrected chi connectivity index (χ0v) is 18.6. The Bertz CT molecular complexity index is 1130. The molecule has 3 aromatic carbocycles. The van der Waals surface area contributed by atoms with E-state index in [9.17, 15) is 9.18 Å². The van der Waals surface area contributed by atoms with Crippen molar-refractivity contribution < 1.29 is 28.9 Å². The third kappa shape index (κ3) is 7.73. The summed E-state index contributed by atoms with van der Waals surface area (Å²) in [7, 11) is 1.00. The number of carbonyl (C=O) groups is 1. The zero-order chi connectivity index (χ0) is 24.9. The highest BCUT2D eigenvalue weighted by Crippen LogP contribution is 2.23. The summed E-state index contributed by atoms with van der Waals surface area (Å²) >= 11 is 0. The lowest BCUT2D eigenvalue weighted by Crippen LogP contribution is -2.12. The Morgan fingerprint density at radius 2 is 1.74 bits per heavy atom. The van der Waals surface area contributed by atoms with Crippen molar-refractivity contribution in [2.75, 3.05) is 13.7 Å². The van der Waals surface area contributed by atoms with E-state index in [4.69, 9.17) is 30.4 Å². The van der Waals surface area contributed by atoms with Crippen LogP contribution in [0.25, 0.3) is 0 Å². The highest BCUT2D eigenvalue weighted by atomic mass is 19.1. The molecule has 0 radical (unpaired) electrons. The molecule has 7 nitrogen and oxygen atoms in total. The number of benzene rings is 3. The van der Waals surface area contributed by atoms with Gasteiger partial charge in [-0.1, -0.05) is 48.5 Å². The zero-order valence-electron chi connectivity index (χ0n) is 18.6. The summed E-state index contributed by atoms with van der Waals surface area (Å²) in [5.41, 5.74) is 2.16. The van der Waals surface area contributed by atoms with Crippen LogP contribution in [0, 0.1) is 22.6 Å². The Morgan fingerprint density at radius 3 is 2.32 bits per heavy atom. The number of aliphatic carboxylic acids is 1. The molecule has 0 heterocycles. The van der Waals surface area contributed by atoms with Crippen molar-refractivity contribution in [1.82, 2.24) is 0 Å². The second-order valence-electron chi connectivity index (χ2n) is 7.04. The molecule has 1 atom stereocenters. The van der Waals surface area contributed by atoms with Crippen LogP contribution in [0.15, 0.2) is 72.8 Å². The number of nitrogens with one attached hydrogen (secondary N) is 1. The van der Waals surface area contributed by atoms with Crippen LogP contribution in [0.2, 0.25) is 0 Å². The van der Waals surface area contributed by atoms with E-state index in [0.29, 0.717) is 22.4 Å². The van der Waals surface area contributed by atoms with Crippen molar-refractivity contribution >= 4 is 11.7 Å². The Kier molecular flexibility index (Phi) is 10.2. The van der Waals surface area contributed by atoms with Gasteiger partial charge in [-0.3, -0.25) is 4.79 Å². The van der Waals surface area contributed by atoms with Crippen molar-refractivity contribution in [1.29, 1.82) is 10.7 Å². The second-order valence-corrected chi connectivity index (χ2v) is 7.04. The van der Waals surface area contributed by atoms with Gasteiger partial charge in [0.2, 0.25) is 0 Å². The van der Waals surface area contributed by atoms with Crippen molar-refractivity contribution in [2.24, 2.45) is 0 Å². The minimum Gasteiger partial charge on any atom is -0.489 e. The Labute approximate surface area is 197 Å². The summed E-state index contributed by atoms with van der Waals surface area (Å²) in [6.45, 7) is 0.0713. The van der Waals surface area contributed by atoms with Crippen LogP contribution < -0.4 is 9.47 Å². The first kappa shape index (κ1) is 26.0. The lowest BCUT2D eigenvalue weighted by molar-refractivity contribution is -0.137. The number of nitriles is 1. The van der Waals surface area contributed by atoms with Crippen LogP contribution in [0.3, 0.4) is 0 Å². The number of aliphatic hydroxyl groups excluding tert-OH is 1. The van der Waals surface area contributed by atoms with Gasteiger partial charge >= 0.3 is 5.97 Å². The first-order chi connectivity index (χ1) is 16.5. The average molecular weight is 464 g/mol. The summed E-state index contributed by atoms with van der Waals surface area (Å²) in [5, 5.41) is 33.0. The molecule has 176 valence electrons. The third-order valence-corrected chi connectivity index (χ3v) is 4.71. The SMILES string of the molecule is CO.N#CC(CC(=O)O)c1ccc(OCc2ccc(OCC(=N)c3ccccc3)c(F)c2)cc1. The van der Waals surface area contributed by atoms with Crippen LogP contribution in [0.4, 0.5) is 4.39 Å². The van der Waals surface area contributed by atoms with Gasteiger partial charge in [-0.05, 0) is 41.0 Å². The van der Waals surface area contributed by atoms with Gasteiger partial charge in [0.05, 0.1) is 24.1 Å². The standard InChI is InChI=1S/C25H21FN2O4.CH4O/c26-22-12-17(6-11-24(22)32-16-23(28)19-4-2-1-3-5-19)15-31-21-9-7-18(8-10-21)20(14-27)13-25(29)30;1-2/h1-12,20,28H,13,15-16H2,(H,29,30);2H,1H3. The fourth-order valence-corrected chi connectivity index (χ4v) is 3.00. The van der Waals surface area contributed by atoms with Crippen LogP contribution in [0.5, 0.6) is 11.5 Å². The summed E-state index contributed by atoms with van der Waals surface area (Å²) in [5.74, 6) is -1.75. The normalized spacial score (nSPS) is 10.8. The van der Waals surface area contributed by atoms with Crippen LogP contribution >= 0.6 is 0 Å². The number of halogens is 1. The van der Waals surface area contributed by atoms with Crippen molar-refractivity contribution in [2.45, 2.75) is 18.9 Å². The maximum absolute atomic E-state index is 14.4. The first-order valence-corrected chi connectivity index (χ1v) is 10.3. The van der Waals surface area contributed by atoms with Gasteiger partial charge in [-0.25, -0.2) is 4.39 Å². The van der Waals surface area contributed by atoms with Gasteiger partial charge in [-0.2, -0.15) is 5.26 Å². The van der Waals surface area contributed by atoms with E-state index in [-0.39, 0.29) is 31.1 Å². The third-order valence-electron chi connectivity index (χ3n) is 4.71. The predicted octanol–water partition coefficient (Wildman–Crippen LogP) is 4.54.